The molecule has 0 bridgehead atoms. The van der Waals surface area contributed by atoms with Crippen molar-refractivity contribution in [2.75, 3.05) is 13.1 Å². The highest BCUT2D eigenvalue weighted by Gasteiger charge is 2.43. The average Bonchev–Trinajstić information content (AvgIpc) is 3.01. The van der Waals surface area contributed by atoms with Crippen molar-refractivity contribution < 1.29 is 14.4 Å². The van der Waals surface area contributed by atoms with Gasteiger partial charge in [-0.1, -0.05) is 38.8 Å². The zero-order valence-corrected chi connectivity index (χ0v) is 14.8. The summed E-state index contributed by atoms with van der Waals surface area (Å²) in [5, 5.41) is 17.5. The fourth-order valence-electron chi connectivity index (χ4n) is 3.65. The van der Waals surface area contributed by atoms with E-state index in [1.807, 2.05) is 20.8 Å². The minimum Gasteiger partial charge on any atom is -0.389 e. The van der Waals surface area contributed by atoms with Gasteiger partial charge in [0.25, 0.3) is 0 Å². The number of amides is 2. The number of rotatable bonds is 2. The molecule has 2 unspecified atom stereocenters. The van der Waals surface area contributed by atoms with Crippen LogP contribution in [0.4, 0.5) is 4.79 Å². The second kappa shape index (κ2) is 6.35. The molecule has 7 nitrogen and oxygen atoms in total. The molecule has 1 aromatic rings. The third-order valence-electron chi connectivity index (χ3n) is 5.22. The van der Waals surface area contributed by atoms with Crippen molar-refractivity contribution in [2.45, 2.75) is 70.4 Å². The normalized spacial score (nSPS) is 27.7. The predicted molar refractivity (Wildman–Crippen MR) is 88.3 cm³/mol. The highest BCUT2D eigenvalue weighted by molar-refractivity contribution is 5.74. The topological polar surface area (TPSA) is 91.5 Å². The maximum atomic E-state index is 12.4. The summed E-state index contributed by atoms with van der Waals surface area (Å²) in [4.78, 5) is 18.5. The molecule has 1 aliphatic carbocycles. The lowest BCUT2D eigenvalue weighted by Gasteiger charge is -2.47. The number of aliphatic hydroxyl groups is 1. The number of likely N-dealkylation sites (tertiary alicyclic amines) is 1. The highest BCUT2D eigenvalue weighted by Crippen LogP contribution is 2.39. The van der Waals surface area contributed by atoms with Crippen molar-refractivity contribution in [3.63, 3.8) is 0 Å². The molecular weight excluding hydrogens is 308 g/mol. The molecule has 0 spiro atoms. The molecular formula is C17H28N4O3. The monoisotopic (exact) mass is 336 g/mol. The van der Waals surface area contributed by atoms with Gasteiger partial charge < -0.3 is 19.8 Å². The summed E-state index contributed by atoms with van der Waals surface area (Å²) < 4.78 is 5.23. The lowest BCUT2D eigenvalue weighted by Crippen LogP contribution is -2.56. The summed E-state index contributed by atoms with van der Waals surface area (Å²) in [7, 11) is 0. The fraction of sp³-hybridized carbons (Fsp3) is 0.824. The molecule has 2 fully saturated rings. The van der Waals surface area contributed by atoms with Gasteiger partial charge in [-0.15, -0.1) is 0 Å². The van der Waals surface area contributed by atoms with Crippen molar-refractivity contribution in [3.05, 3.63) is 11.7 Å². The summed E-state index contributed by atoms with van der Waals surface area (Å²) in [6.07, 6.45) is 4.76. The van der Waals surface area contributed by atoms with Crippen LogP contribution in [0.1, 0.15) is 64.6 Å². The van der Waals surface area contributed by atoms with Crippen molar-refractivity contribution in [1.82, 2.24) is 20.4 Å². The van der Waals surface area contributed by atoms with Gasteiger partial charge in [0, 0.05) is 24.4 Å². The van der Waals surface area contributed by atoms with Crippen molar-refractivity contribution >= 4 is 6.03 Å². The number of hydrogen-bond donors (Lipinski definition) is 2. The molecule has 1 aromatic heterocycles. The summed E-state index contributed by atoms with van der Waals surface area (Å²) in [6.45, 7) is 7.48. The maximum Gasteiger partial charge on any atom is 0.317 e. The fourth-order valence-corrected chi connectivity index (χ4v) is 3.65. The Morgan fingerprint density at radius 2 is 2.21 bits per heavy atom. The van der Waals surface area contributed by atoms with Crippen LogP contribution in [0, 0.1) is 5.92 Å². The Morgan fingerprint density at radius 3 is 2.92 bits per heavy atom. The smallest absolute Gasteiger partial charge is 0.317 e. The van der Waals surface area contributed by atoms with Gasteiger partial charge in [-0.25, -0.2) is 4.79 Å². The Bertz CT molecular complexity index is 595. The number of nitrogens with one attached hydrogen (secondary N) is 1. The Morgan fingerprint density at radius 1 is 1.42 bits per heavy atom. The van der Waals surface area contributed by atoms with Gasteiger partial charge in [0.05, 0.1) is 12.1 Å². The van der Waals surface area contributed by atoms with E-state index in [1.54, 1.807) is 4.90 Å². The van der Waals surface area contributed by atoms with Crippen molar-refractivity contribution in [3.8, 4) is 0 Å². The van der Waals surface area contributed by atoms with Gasteiger partial charge in [-0.2, -0.15) is 4.98 Å². The van der Waals surface area contributed by atoms with Crippen molar-refractivity contribution in [2.24, 2.45) is 5.92 Å². The van der Waals surface area contributed by atoms with Crippen LogP contribution >= 0.6 is 0 Å². The Hall–Kier alpha value is -1.63. The van der Waals surface area contributed by atoms with Gasteiger partial charge in [-0.05, 0) is 19.3 Å². The molecule has 24 heavy (non-hydrogen) atoms. The minimum atomic E-state index is -0.565. The van der Waals surface area contributed by atoms with Crippen molar-refractivity contribution in [1.29, 1.82) is 0 Å². The average molecular weight is 336 g/mol. The second-order valence-corrected chi connectivity index (χ2v) is 8.17. The standard InChI is InChI=1S/C17H28N4O3/c1-16(2,3)14-19-13(20-24-14)10-18-15(22)21-9-8-17(23)7-5-4-6-12(17)11-21/h12,23H,4-11H2,1-3H3,(H,18,22). The van der Waals surface area contributed by atoms with E-state index in [2.05, 4.69) is 15.5 Å². The first kappa shape index (κ1) is 17.2. The molecule has 1 saturated heterocycles. The first-order valence-electron chi connectivity index (χ1n) is 8.86. The molecule has 2 atom stereocenters. The largest absolute Gasteiger partial charge is 0.389 e. The predicted octanol–water partition coefficient (Wildman–Crippen LogP) is 2.20. The first-order chi connectivity index (χ1) is 11.3. The third-order valence-corrected chi connectivity index (χ3v) is 5.22. The summed E-state index contributed by atoms with van der Waals surface area (Å²) in [5.74, 6) is 1.25. The zero-order valence-electron chi connectivity index (χ0n) is 14.8. The van der Waals surface area contributed by atoms with Gasteiger partial charge in [0.15, 0.2) is 5.82 Å². The molecule has 0 aromatic carbocycles. The van der Waals surface area contributed by atoms with E-state index < -0.39 is 5.60 Å². The van der Waals surface area contributed by atoms with E-state index in [-0.39, 0.29) is 23.9 Å². The molecule has 2 amide bonds. The number of aromatic nitrogens is 2. The molecule has 2 aliphatic rings. The van der Waals surface area contributed by atoms with Crippen LogP contribution in [0.25, 0.3) is 0 Å². The second-order valence-electron chi connectivity index (χ2n) is 8.17. The molecule has 2 heterocycles. The first-order valence-corrected chi connectivity index (χ1v) is 8.86. The Labute approximate surface area is 142 Å². The number of hydrogen-bond acceptors (Lipinski definition) is 5. The van der Waals surface area contributed by atoms with E-state index in [0.717, 1.165) is 25.7 Å². The summed E-state index contributed by atoms with van der Waals surface area (Å²) >= 11 is 0. The third kappa shape index (κ3) is 3.55. The van der Waals surface area contributed by atoms with E-state index in [0.29, 0.717) is 31.2 Å². The summed E-state index contributed by atoms with van der Waals surface area (Å²) in [5.41, 5.74) is -0.766. The molecule has 0 radical (unpaired) electrons. The summed E-state index contributed by atoms with van der Waals surface area (Å²) in [6, 6.07) is -0.121. The van der Waals surface area contributed by atoms with Crippen LogP contribution < -0.4 is 5.32 Å². The van der Waals surface area contributed by atoms with E-state index in [9.17, 15) is 9.90 Å². The van der Waals surface area contributed by atoms with Gasteiger partial charge in [-0.3, -0.25) is 0 Å². The maximum absolute atomic E-state index is 12.4. The highest BCUT2D eigenvalue weighted by atomic mass is 16.5. The number of carbonyl (C=O) groups is 1. The number of carbonyl (C=O) groups excluding carboxylic acids is 1. The van der Waals surface area contributed by atoms with Crippen LogP contribution in [0.15, 0.2) is 4.52 Å². The van der Waals surface area contributed by atoms with Gasteiger partial charge >= 0.3 is 6.03 Å². The SMILES string of the molecule is CC(C)(C)c1nc(CNC(=O)N2CCC3(O)CCCCC3C2)no1. The van der Waals surface area contributed by atoms with Crippen LogP contribution in [-0.2, 0) is 12.0 Å². The number of fused-ring (bicyclic) bond motifs is 1. The van der Waals surface area contributed by atoms with Crippen LogP contribution in [0.5, 0.6) is 0 Å². The Kier molecular flexibility index (Phi) is 4.55. The lowest BCUT2D eigenvalue weighted by molar-refractivity contribution is -0.0870. The zero-order chi connectivity index (χ0) is 17.4. The van der Waals surface area contributed by atoms with Crippen LogP contribution in [0.3, 0.4) is 0 Å². The molecule has 1 aliphatic heterocycles. The molecule has 134 valence electrons. The van der Waals surface area contributed by atoms with E-state index >= 15 is 0 Å². The lowest BCUT2D eigenvalue weighted by atomic mass is 9.71. The van der Waals surface area contributed by atoms with Crippen LogP contribution in [-0.4, -0.2) is 44.9 Å². The minimum absolute atomic E-state index is 0.121. The molecule has 7 heteroatoms. The number of urea groups is 1. The quantitative estimate of drug-likeness (QED) is 0.864. The van der Waals surface area contributed by atoms with E-state index in [4.69, 9.17) is 4.52 Å². The molecule has 1 saturated carbocycles. The number of nitrogens with zero attached hydrogens (tertiary/aromatic N) is 3. The molecule has 2 N–H and O–H groups in total. The molecule has 3 rings (SSSR count). The van der Waals surface area contributed by atoms with Crippen LogP contribution in [0.2, 0.25) is 0 Å². The van der Waals surface area contributed by atoms with Gasteiger partial charge in [0.2, 0.25) is 5.89 Å². The van der Waals surface area contributed by atoms with E-state index in [1.165, 1.54) is 0 Å². The number of piperidine rings is 1. The van der Waals surface area contributed by atoms with Gasteiger partial charge in [0.1, 0.15) is 0 Å². The Balaban J connectivity index is 1.53.